The van der Waals surface area contributed by atoms with Crippen molar-refractivity contribution in [2.75, 3.05) is 24.5 Å². The van der Waals surface area contributed by atoms with Crippen LogP contribution in [0.4, 0.5) is 5.95 Å². The quantitative estimate of drug-likeness (QED) is 0.779. The first-order valence-electron chi connectivity index (χ1n) is 6.33. The van der Waals surface area contributed by atoms with Gasteiger partial charge in [0.1, 0.15) is 0 Å². The van der Waals surface area contributed by atoms with E-state index >= 15 is 0 Å². The van der Waals surface area contributed by atoms with Crippen molar-refractivity contribution in [2.24, 2.45) is 0 Å². The first-order chi connectivity index (χ1) is 8.33. The van der Waals surface area contributed by atoms with Gasteiger partial charge in [0.25, 0.3) is 5.95 Å². The zero-order valence-electron chi connectivity index (χ0n) is 9.80. The van der Waals surface area contributed by atoms with Gasteiger partial charge >= 0.3 is 0 Å². The Morgan fingerprint density at radius 2 is 2.12 bits per heavy atom. The second-order valence-electron chi connectivity index (χ2n) is 4.83. The SMILES string of the molecule is OC1CNC(c2nc(N3CCCCC3)no2)C1. The van der Waals surface area contributed by atoms with E-state index in [2.05, 4.69) is 20.4 Å². The maximum absolute atomic E-state index is 9.45. The summed E-state index contributed by atoms with van der Waals surface area (Å²) in [5, 5.41) is 16.7. The number of aromatic nitrogens is 2. The summed E-state index contributed by atoms with van der Waals surface area (Å²) in [5.41, 5.74) is 0. The fourth-order valence-electron chi connectivity index (χ4n) is 2.50. The van der Waals surface area contributed by atoms with Gasteiger partial charge in [0.2, 0.25) is 5.89 Å². The second-order valence-corrected chi connectivity index (χ2v) is 4.83. The monoisotopic (exact) mass is 238 g/mol. The van der Waals surface area contributed by atoms with E-state index in [-0.39, 0.29) is 12.1 Å². The van der Waals surface area contributed by atoms with Crippen molar-refractivity contribution in [1.82, 2.24) is 15.5 Å². The predicted octanol–water partition coefficient (Wildman–Crippen LogP) is 0.455. The Bertz CT molecular complexity index is 356. The minimum absolute atomic E-state index is 0.0102. The molecule has 0 bridgehead atoms. The maximum Gasteiger partial charge on any atom is 0.266 e. The molecule has 94 valence electrons. The Kier molecular flexibility index (Phi) is 2.98. The zero-order chi connectivity index (χ0) is 11.7. The number of hydrogen-bond donors (Lipinski definition) is 2. The molecule has 17 heavy (non-hydrogen) atoms. The first kappa shape index (κ1) is 11.0. The molecule has 2 saturated heterocycles. The molecule has 0 spiro atoms. The third-order valence-electron chi connectivity index (χ3n) is 3.48. The minimum Gasteiger partial charge on any atom is -0.392 e. The highest BCUT2D eigenvalue weighted by Gasteiger charge is 2.29. The Morgan fingerprint density at radius 3 is 2.82 bits per heavy atom. The van der Waals surface area contributed by atoms with Crippen molar-refractivity contribution in [2.45, 2.75) is 37.8 Å². The smallest absolute Gasteiger partial charge is 0.266 e. The molecular weight excluding hydrogens is 220 g/mol. The van der Waals surface area contributed by atoms with Gasteiger partial charge in [-0.15, -0.1) is 0 Å². The number of rotatable bonds is 2. The Hall–Kier alpha value is -1.14. The van der Waals surface area contributed by atoms with Crippen LogP contribution < -0.4 is 10.2 Å². The molecule has 1 aromatic heterocycles. The van der Waals surface area contributed by atoms with E-state index in [0.717, 1.165) is 13.1 Å². The molecule has 2 aliphatic heterocycles. The van der Waals surface area contributed by atoms with E-state index in [1.807, 2.05) is 0 Å². The molecule has 2 atom stereocenters. The average molecular weight is 238 g/mol. The summed E-state index contributed by atoms with van der Waals surface area (Å²) in [6.45, 7) is 2.63. The van der Waals surface area contributed by atoms with Crippen LogP contribution in [-0.2, 0) is 0 Å². The molecular formula is C11H18N4O2. The molecule has 3 heterocycles. The van der Waals surface area contributed by atoms with Crippen LogP contribution in [0.15, 0.2) is 4.52 Å². The molecule has 0 aliphatic carbocycles. The first-order valence-corrected chi connectivity index (χ1v) is 6.33. The number of aliphatic hydroxyl groups excluding tert-OH is 1. The molecule has 1 aromatic rings. The van der Waals surface area contributed by atoms with Crippen molar-refractivity contribution < 1.29 is 9.63 Å². The highest BCUT2D eigenvalue weighted by atomic mass is 16.5. The van der Waals surface area contributed by atoms with Crippen molar-refractivity contribution in [1.29, 1.82) is 0 Å². The van der Waals surface area contributed by atoms with E-state index in [1.54, 1.807) is 0 Å². The molecule has 2 N–H and O–H groups in total. The van der Waals surface area contributed by atoms with Gasteiger partial charge < -0.3 is 19.8 Å². The van der Waals surface area contributed by atoms with Gasteiger partial charge in [-0.05, 0) is 30.8 Å². The van der Waals surface area contributed by atoms with Crippen LogP contribution in [0.25, 0.3) is 0 Å². The number of β-amino-alcohol motifs (C(OH)–C–C–N with tert-alkyl or cyclic N) is 1. The van der Waals surface area contributed by atoms with E-state index in [1.165, 1.54) is 19.3 Å². The highest BCUT2D eigenvalue weighted by molar-refractivity contribution is 5.28. The zero-order valence-corrected chi connectivity index (χ0v) is 9.80. The second kappa shape index (κ2) is 4.62. The number of aliphatic hydroxyl groups is 1. The average Bonchev–Trinajstić information content (AvgIpc) is 2.98. The standard InChI is InChI=1S/C11H18N4O2/c16-8-6-9(12-7-8)10-13-11(14-17-10)15-4-2-1-3-5-15/h8-9,12,16H,1-7H2. The molecule has 2 aliphatic rings. The molecule has 3 rings (SSSR count). The summed E-state index contributed by atoms with van der Waals surface area (Å²) in [6, 6.07) is 0.0102. The van der Waals surface area contributed by atoms with Crippen molar-refractivity contribution in [3.05, 3.63) is 5.89 Å². The molecule has 2 unspecified atom stereocenters. The van der Waals surface area contributed by atoms with E-state index in [4.69, 9.17) is 4.52 Å². The lowest BCUT2D eigenvalue weighted by atomic mass is 10.1. The van der Waals surface area contributed by atoms with Gasteiger partial charge in [-0.25, -0.2) is 0 Å². The summed E-state index contributed by atoms with van der Waals surface area (Å²) in [6.07, 6.45) is 4.04. The lowest BCUT2D eigenvalue weighted by Gasteiger charge is -2.24. The lowest BCUT2D eigenvalue weighted by molar-refractivity contribution is 0.191. The summed E-state index contributed by atoms with van der Waals surface area (Å²) < 4.78 is 5.27. The summed E-state index contributed by atoms with van der Waals surface area (Å²) >= 11 is 0. The number of nitrogens with zero attached hydrogens (tertiary/aromatic N) is 3. The summed E-state index contributed by atoms with van der Waals surface area (Å²) in [4.78, 5) is 6.59. The number of anilines is 1. The molecule has 0 saturated carbocycles. The minimum atomic E-state index is -0.301. The molecule has 0 radical (unpaired) electrons. The van der Waals surface area contributed by atoms with Gasteiger partial charge in [0, 0.05) is 19.6 Å². The van der Waals surface area contributed by atoms with Gasteiger partial charge in [0.15, 0.2) is 0 Å². The predicted molar refractivity (Wildman–Crippen MR) is 61.7 cm³/mol. The largest absolute Gasteiger partial charge is 0.392 e. The molecule has 2 fully saturated rings. The molecule has 0 aromatic carbocycles. The topological polar surface area (TPSA) is 74.4 Å². The fourth-order valence-corrected chi connectivity index (χ4v) is 2.50. The van der Waals surface area contributed by atoms with Crippen LogP contribution >= 0.6 is 0 Å². The van der Waals surface area contributed by atoms with Crippen LogP contribution in [0.3, 0.4) is 0 Å². The lowest BCUT2D eigenvalue weighted by Crippen LogP contribution is -2.30. The van der Waals surface area contributed by atoms with Gasteiger partial charge in [-0.2, -0.15) is 4.98 Å². The van der Waals surface area contributed by atoms with Crippen LogP contribution in [0.1, 0.15) is 37.6 Å². The van der Waals surface area contributed by atoms with Crippen LogP contribution in [0.2, 0.25) is 0 Å². The molecule has 0 amide bonds. The Labute approximate surface area is 100.0 Å². The molecule has 6 nitrogen and oxygen atoms in total. The van der Waals surface area contributed by atoms with Crippen molar-refractivity contribution >= 4 is 5.95 Å². The van der Waals surface area contributed by atoms with Crippen LogP contribution in [0, 0.1) is 0 Å². The van der Waals surface area contributed by atoms with Crippen LogP contribution in [-0.4, -0.2) is 41.0 Å². The summed E-state index contributed by atoms with van der Waals surface area (Å²) in [5.74, 6) is 1.30. The normalized spacial score (nSPS) is 29.8. The number of piperidine rings is 1. The number of hydrogen-bond acceptors (Lipinski definition) is 6. The van der Waals surface area contributed by atoms with Crippen molar-refractivity contribution in [3.8, 4) is 0 Å². The Balaban J connectivity index is 1.69. The third kappa shape index (κ3) is 2.28. The fraction of sp³-hybridized carbons (Fsp3) is 0.818. The number of nitrogens with one attached hydrogen (secondary N) is 1. The van der Waals surface area contributed by atoms with Crippen molar-refractivity contribution in [3.63, 3.8) is 0 Å². The third-order valence-corrected chi connectivity index (χ3v) is 3.48. The maximum atomic E-state index is 9.45. The van der Waals surface area contributed by atoms with E-state index < -0.39 is 0 Å². The van der Waals surface area contributed by atoms with Gasteiger partial charge in [-0.1, -0.05) is 0 Å². The Morgan fingerprint density at radius 1 is 1.29 bits per heavy atom. The highest BCUT2D eigenvalue weighted by Crippen LogP contribution is 2.24. The van der Waals surface area contributed by atoms with E-state index in [9.17, 15) is 5.11 Å². The van der Waals surface area contributed by atoms with E-state index in [0.29, 0.717) is 24.8 Å². The molecule has 6 heteroatoms. The summed E-state index contributed by atoms with van der Waals surface area (Å²) in [7, 11) is 0. The van der Waals surface area contributed by atoms with Crippen LogP contribution in [0.5, 0.6) is 0 Å². The van der Waals surface area contributed by atoms with Gasteiger partial charge in [0.05, 0.1) is 12.1 Å². The van der Waals surface area contributed by atoms with Gasteiger partial charge in [-0.3, -0.25) is 0 Å².